The number of rotatable bonds is 2. The van der Waals surface area contributed by atoms with E-state index in [0.29, 0.717) is 16.5 Å². The molecular weight excluding hydrogens is 234 g/mol. The number of aromatic nitrogens is 1. The van der Waals surface area contributed by atoms with Gasteiger partial charge in [0.1, 0.15) is 17.6 Å². The Morgan fingerprint density at radius 1 is 1.29 bits per heavy atom. The molecule has 1 aromatic heterocycles. The van der Waals surface area contributed by atoms with Gasteiger partial charge in [-0.2, -0.15) is 5.26 Å². The number of hydrogen-bond donors (Lipinski definition) is 1. The van der Waals surface area contributed by atoms with Gasteiger partial charge in [-0.1, -0.05) is 23.7 Å². The predicted molar refractivity (Wildman–Crippen MR) is 68.4 cm³/mol. The monoisotopic (exact) mass is 243 g/mol. The normalized spacial score (nSPS) is 9.71. The van der Waals surface area contributed by atoms with Gasteiger partial charge in [-0.05, 0) is 36.8 Å². The summed E-state index contributed by atoms with van der Waals surface area (Å²) in [5.41, 5.74) is 2.27. The molecule has 2 rings (SSSR count). The maximum absolute atomic E-state index is 8.76. The van der Waals surface area contributed by atoms with E-state index in [1.165, 1.54) is 0 Å². The maximum Gasteiger partial charge on any atom is 0.142 e. The lowest BCUT2D eigenvalue weighted by Crippen LogP contribution is -1.95. The van der Waals surface area contributed by atoms with E-state index in [1.54, 1.807) is 18.2 Å². The standard InChI is InChI=1S/C13H10ClN3/c1-9-5-6-11(14)12(7-9)17-13-4-2-3-10(8-15)16-13/h2-7H,1H3,(H,16,17). The van der Waals surface area contributed by atoms with Crippen molar-refractivity contribution in [3.63, 3.8) is 0 Å². The van der Waals surface area contributed by atoms with Crippen LogP contribution >= 0.6 is 11.6 Å². The topological polar surface area (TPSA) is 48.7 Å². The highest BCUT2D eigenvalue weighted by atomic mass is 35.5. The van der Waals surface area contributed by atoms with Crippen LogP contribution in [0.2, 0.25) is 5.02 Å². The van der Waals surface area contributed by atoms with Crippen LogP contribution in [0.25, 0.3) is 0 Å². The van der Waals surface area contributed by atoms with Crippen LogP contribution in [0.1, 0.15) is 11.3 Å². The van der Waals surface area contributed by atoms with Gasteiger partial charge in [0.2, 0.25) is 0 Å². The van der Waals surface area contributed by atoms with Gasteiger partial charge in [0, 0.05) is 0 Å². The van der Waals surface area contributed by atoms with Gasteiger partial charge in [0.15, 0.2) is 0 Å². The highest BCUT2D eigenvalue weighted by molar-refractivity contribution is 6.33. The van der Waals surface area contributed by atoms with E-state index in [0.717, 1.165) is 11.3 Å². The first-order valence-corrected chi connectivity index (χ1v) is 5.47. The molecule has 0 radical (unpaired) electrons. The Balaban J connectivity index is 2.31. The summed E-state index contributed by atoms with van der Waals surface area (Å²) in [5, 5.41) is 12.5. The Kier molecular flexibility index (Phi) is 3.27. The van der Waals surface area contributed by atoms with Gasteiger partial charge < -0.3 is 5.32 Å². The van der Waals surface area contributed by atoms with Gasteiger partial charge >= 0.3 is 0 Å². The summed E-state index contributed by atoms with van der Waals surface area (Å²) in [4.78, 5) is 4.13. The average molecular weight is 244 g/mol. The second-order valence-corrected chi connectivity index (χ2v) is 4.04. The number of hydrogen-bond acceptors (Lipinski definition) is 3. The summed E-state index contributed by atoms with van der Waals surface area (Å²) in [6, 6.07) is 12.9. The van der Waals surface area contributed by atoms with Crippen molar-refractivity contribution in [2.24, 2.45) is 0 Å². The highest BCUT2D eigenvalue weighted by Crippen LogP contribution is 2.25. The number of anilines is 2. The zero-order valence-electron chi connectivity index (χ0n) is 9.24. The van der Waals surface area contributed by atoms with Crippen molar-refractivity contribution in [3.05, 3.63) is 52.7 Å². The first-order valence-electron chi connectivity index (χ1n) is 5.09. The second-order valence-electron chi connectivity index (χ2n) is 3.63. The molecule has 0 bridgehead atoms. The Bertz CT molecular complexity index is 587. The molecule has 0 atom stereocenters. The van der Waals surface area contributed by atoms with Crippen molar-refractivity contribution in [1.82, 2.24) is 4.98 Å². The minimum Gasteiger partial charge on any atom is -0.339 e. The van der Waals surface area contributed by atoms with Crippen molar-refractivity contribution < 1.29 is 0 Å². The summed E-state index contributed by atoms with van der Waals surface area (Å²) in [7, 11) is 0. The highest BCUT2D eigenvalue weighted by Gasteiger charge is 2.02. The first-order chi connectivity index (χ1) is 8.19. The molecule has 4 heteroatoms. The molecule has 84 valence electrons. The quantitative estimate of drug-likeness (QED) is 0.876. The lowest BCUT2D eigenvalue weighted by atomic mass is 10.2. The lowest BCUT2D eigenvalue weighted by molar-refractivity contribution is 1.25. The van der Waals surface area contributed by atoms with Crippen LogP contribution in [0.4, 0.5) is 11.5 Å². The van der Waals surface area contributed by atoms with Crippen LogP contribution < -0.4 is 5.32 Å². The van der Waals surface area contributed by atoms with E-state index in [2.05, 4.69) is 10.3 Å². The third-order valence-corrected chi connectivity index (χ3v) is 2.58. The number of nitriles is 1. The zero-order valence-corrected chi connectivity index (χ0v) is 9.99. The fourth-order valence-corrected chi connectivity index (χ4v) is 1.60. The van der Waals surface area contributed by atoms with Crippen LogP contribution in [0, 0.1) is 18.3 Å². The van der Waals surface area contributed by atoms with Crippen LogP contribution in [-0.2, 0) is 0 Å². The largest absolute Gasteiger partial charge is 0.339 e. The molecular formula is C13H10ClN3. The SMILES string of the molecule is Cc1ccc(Cl)c(Nc2cccc(C#N)n2)c1. The van der Waals surface area contributed by atoms with Crippen LogP contribution in [0.15, 0.2) is 36.4 Å². The Labute approximate surface area is 105 Å². The Morgan fingerprint density at radius 2 is 2.12 bits per heavy atom. The summed E-state index contributed by atoms with van der Waals surface area (Å²) in [6.07, 6.45) is 0. The van der Waals surface area contributed by atoms with Crippen molar-refractivity contribution in [1.29, 1.82) is 5.26 Å². The van der Waals surface area contributed by atoms with Crippen molar-refractivity contribution in [2.45, 2.75) is 6.92 Å². The first kappa shape index (κ1) is 11.4. The Morgan fingerprint density at radius 3 is 2.88 bits per heavy atom. The third kappa shape index (κ3) is 2.74. The van der Waals surface area contributed by atoms with Crippen molar-refractivity contribution in [2.75, 3.05) is 5.32 Å². The minimum absolute atomic E-state index is 0.374. The number of nitrogens with zero attached hydrogens (tertiary/aromatic N) is 2. The van der Waals surface area contributed by atoms with Crippen LogP contribution in [-0.4, -0.2) is 4.98 Å². The van der Waals surface area contributed by atoms with Gasteiger partial charge in [-0.3, -0.25) is 0 Å². The van der Waals surface area contributed by atoms with E-state index in [1.807, 2.05) is 31.2 Å². The third-order valence-electron chi connectivity index (χ3n) is 2.25. The van der Waals surface area contributed by atoms with Gasteiger partial charge in [-0.25, -0.2) is 4.98 Å². The summed E-state index contributed by atoms with van der Waals surface area (Å²) < 4.78 is 0. The van der Waals surface area contributed by atoms with Gasteiger partial charge in [0.25, 0.3) is 0 Å². The van der Waals surface area contributed by atoms with E-state index in [-0.39, 0.29) is 0 Å². The molecule has 0 saturated carbocycles. The molecule has 17 heavy (non-hydrogen) atoms. The predicted octanol–water partition coefficient (Wildman–Crippen LogP) is 3.66. The summed E-state index contributed by atoms with van der Waals surface area (Å²) in [6.45, 7) is 1.99. The van der Waals surface area contributed by atoms with Crippen molar-refractivity contribution in [3.8, 4) is 6.07 Å². The fraction of sp³-hybridized carbons (Fsp3) is 0.0769. The van der Waals surface area contributed by atoms with E-state index in [4.69, 9.17) is 16.9 Å². The summed E-state index contributed by atoms with van der Waals surface area (Å²) >= 11 is 6.06. The number of benzene rings is 1. The van der Waals surface area contributed by atoms with Crippen molar-refractivity contribution >= 4 is 23.1 Å². The van der Waals surface area contributed by atoms with E-state index >= 15 is 0 Å². The molecule has 0 aliphatic carbocycles. The molecule has 0 fully saturated rings. The number of halogens is 1. The van der Waals surface area contributed by atoms with Gasteiger partial charge in [0.05, 0.1) is 10.7 Å². The Hall–Kier alpha value is -2.05. The molecule has 0 unspecified atom stereocenters. The van der Waals surface area contributed by atoms with Crippen LogP contribution in [0.3, 0.4) is 0 Å². The molecule has 1 N–H and O–H groups in total. The molecule has 3 nitrogen and oxygen atoms in total. The van der Waals surface area contributed by atoms with Gasteiger partial charge in [-0.15, -0.1) is 0 Å². The molecule has 2 aromatic rings. The number of pyridine rings is 1. The molecule has 0 aliphatic heterocycles. The minimum atomic E-state index is 0.374. The number of nitrogens with one attached hydrogen (secondary N) is 1. The second kappa shape index (κ2) is 4.86. The zero-order chi connectivity index (χ0) is 12.3. The lowest BCUT2D eigenvalue weighted by Gasteiger charge is -2.08. The summed E-state index contributed by atoms with van der Waals surface area (Å²) in [5.74, 6) is 0.608. The fourth-order valence-electron chi connectivity index (χ4n) is 1.44. The average Bonchev–Trinajstić information content (AvgIpc) is 2.34. The molecule has 0 amide bonds. The van der Waals surface area contributed by atoms with Crippen LogP contribution in [0.5, 0.6) is 0 Å². The smallest absolute Gasteiger partial charge is 0.142 e. The molecule has 0 aliphatic rings. The molecule has 1 aromatic carbocycles. The molecule has 1 heterocycles. The molecule has 0 spiro atoms. The number of aryl methyl sites for hydroxylation is 1. The van der Waals surface area contributed by atoms with E-state index in [9.17, 15) is 0 Å². The maximum atomic E-state index is 8.76. The van der Waals surface area contributed by atoms with E-state index < -0.39 is 0 Å². The molecule has 0 saturated heterocycles.